The van der Waals surface area contributed by atoms with Gasteiger partial charge in [-0.2, -0.15) is 0 Å². The first-order valence-electron chi connectivity index (χ1n) is 9.78. The molecular weight excluding hydrogens is 371 g/mol. The lowest BCUT2D eigenvalue weighted by Gasteiger charge is -2.36. The number of hydrogen-bond donors (Lipinski definition) is 0. The number of nitrogens with zero attached hydrogens (tertiary/aromatic N) is 4. The van der Waals surface area contributed by atoms with Crippen molar-refractivity contribution in [1.29, 1.82) is 0 Å². The van der Waals surface area contributed by atoms with Crippen LogP contribution < -0.4 is 10.3 Å². The standard InChI is InChI=1S/C22H23FN4O2/c1-3-25-14-19(20(28)18-9-4-15(2)24-21(18)25)22(29)27-12-10-26(11-13-27)17-7-5-16(23)6-8-17/h4-9,14H,3,10-13H2,1-2H3. The van der Waals surface area contributed by atoms with Gasteiger partial charge >= 0.3 is 0 Å². The van der Waals surface area contributed by atoms with Crippen LogP contribution in [0.3, 0.4) is 0 Å². The molecule has 6 nitrogen and oxygen atoms in total. The number of halogens is 1. The third-order valence-electron chi connectivity index (χ3n) is 5.39. The van der Waals surface area contributed by atoms with E-state index in [2.05, 4.69) is 9.88 Å². The minimum Gasteiger partial charge on any atom is -0.368 e. The molecule has 7 heteroatoms. The predicted molar refractivity (Wildman–Crippen MR) is 111 cm³/mol. The molecule has 0 saturated carbocycles. The zero-order valence-corrected chi connectivity index (χ0v) is 16.6. The van der Waals surface area contributed by atoms with Gasteiger partial charge in [0.25, 0.3) is 5.91 Å². The fraction of sp³-hybridized carbons (Fsp3) is 0.318. The molecule has 150 valence electrons. The van der Waals surface area contributed by atoms with E-state index in [1.807, 2.05) is 18.4 Å². The lowest BCUT2D eigenvalue weighted by atomic mass is 10.1. The highest BCUT2D eigenvalue weighted by molar-refractivity contribution is 5.97. The molecule has 4 rings (SSSR count). The normalized spacial score (nSPS) is 14.4. The molecule has 1 aliphatic rings. The first kappa shape index (κ1) is 19.1. The van der Waals surface area contributed by atoms with Gasteiger partial charge in [0.05, 0.1) is 5.39 Å². The number of anilines is 1. The number of carbonyl (C=O) groups is 1. The number of hydrogen-bond acceptors (Lipinski definition) is 4. The minimum atomic E-state index is -0.275. The minimum absolute atomic E-state index is 0.181. The quantitative estimate of drug-likeness (QED) is 0.686. The van der Waals surface area contributed by atoms with Gasteiger partial charge in [-0.05, 0) is 50.2 Å². The molecule has 0 aliphatic carbocycles. The molecule has 0 bridgehead atoms. The average Bonchev–Trinajstić information content (AvgIpc) is 2.74. The number of aryl methyl sites for hydroxylation is 2. The molecule has 1 amide bonds. The van der Waals surface area contributed by atoms with E-state index in [4.69, 9.17) is 0 Å². The third kappa shape index (κ3) is 3.60. The first-order chi connectivity index (χ1) is 14.0. The second-order valence-electron chi connectivity index (χ2n) is 7.24. The van der Waals surface area contributed by atoms with Gasteiger partial charge in [0.1, 0.15) is 17.0 Å². The van der Waals surface area contributed by atoms with Gasteiger partial charge in [-0.15, -0.1) is 0 Å². The topological polar surface area (TPSA) is 58.4 Å². The van der Waals surface area contributed by atoms with Crippen LogP contribution in [0.4, 0.5) is 10.1 Å². The van der Waals surface area contributed by atoms with Crippen LogP contribution in [-0.4, -0.2) is 46.5 Å². The van der Waals surface area contributed by atoms with Crippen LogP contribution in [0.1, 0.15) is 23.0 Å². The third-order valence-corrected chi connectivity index (χ3v) is 5.39. The number of aromatic nitrogens is 2. The van der Waals surface area contributed by atoms with Crippen molar-refractivity contribution in [3.63, 3.8) is 0 Å². The monoisotopic (exact) mass is 394 g/mol. The molecular formula is C22H23FN4O2. The number of fused-ring (bicyclic) bond motifs is 1. The van der Waals surface area contributed by atoms with Crippen LogP contribution in [0.15, 0.2) is 47.4 Å². The van der Waals surface area contributed by atoms with Gasteiger partial charge in [0.15, 0.2) is 0 Å². The van der Waals surface area contributed by atoms with Crippen LogP contribution >= 0.6 is 0 Å². The van der Waals surface area contributed by atoms with Crippen molar-refractivity contribution in [2.75, 3.05) is 31.1 Å². The van der Waals surface area contributed by atoms with Gasteiger partial charge in [-0.3, -0.25) is 9.59 Å². The molecule has 0 unspecified atom stereocenters. The van der Waals surface area contributed by atoms with E-state index in [0.717, 1.165) is 11.4 Å². The molecule has 2 aromatic heterocycles. The highest BCUT2D eigenvalue weighted by Gasteiger charge is 2.25. The summed E-state index contributed by atoms with van der Waals surface area (Å²) in [6.45, 7) is 6.73. The summed E-state index contributed by atoms with van der Waals surface area (Å²) in [4.78, 5) is 34.4. The summed E-state index contributed by atoms with van der Waals surface area (Å²) in [5.74, 6) is -0.519. The maximum absolute atomic E-state index is 13.1. The Balaban J connectivity index is 1.58. The zero-order valence-electron chi connectivity index (χ0n) is 16.6. The Morgan fingerprint density at radius 3 is 2.41 bits per heavy atom. The summed E-state index contributed by atoms with van der Waals surface area (Å²) in [6.07, 6.45) is 1.63. The summed E-state index contributed by atoms with van der Waals surface area (Å²) in [7, 11) is 0. The SMILES string of the molecule is CCn1cc(C(=O)N2CCN(c3ccc(F)cc3)CC2)c(=O)c2ccc(C)nc21. The van der Waals surface area contributed by atoms with Gasteiger partial charge in [0, 0.05) is 50.3 Å². The Morgan fingerprint density at radius 1 is 1.07 bits per heavy atom. The molecule has 0 atom stereocenters. The van der Waals surface area contributed by atoms with Gasteiger partial charge < -0.3 is 14.4 Å². The summed E-state index contributed by atoms with van der Waals surface area (Å²) >= 11 is 0. The number of benzene rings is 1. The maximum Gasteiger partial charge on any atom is 0.259 e. The van der Waals surface area contributed by atoms with Crippen molar-refractivity contribution in [2.45, 2.75) is 20.4 Å². The van der Waals surface area contributed by atoms with E-state index in [9.17, 15) is 14.0 Å². The lowest BCUT2D eigenvalue weighted by molar-refractivity contribution is 0.0745. The Kier molecular flexibility index (Phi) is 5.05. The van der Waals surface area contributed by atoms with Crippen molar-refractivity contribution >= 4 is 22.6 Å². The molecule has 3 aromatic rings. The zero-order chi connectivity index (χ0) is 20.5. The summed E-state index contributed by atoms with van der Waals surface area (Å²) < 4.78 is 15.0. The van der Waals surface area contributed by atoms with Gasteiger partial charge in [0.2, 0.25) is 5.43 Å². The molecule has 0 spiro atoms. The van der Waals surface area contributed by atoms with E-state index in [1.165, 1.54) is 12.1 Å². The summed E-state index contributed by atoms with van der Waals surface area (Å²) in [6, 6.07) is 9.89. The van der Waals surface area contributed by atoms with Gasteiger partial charge in [-0.1, -0.05) is 0 Å². The van der Waals surface area contributed by atoms with Crippen LogP contribution in [0.2, 0.25) is 0 Å². The number of rotatable bonds is 3. The average molecular weight is 394 g/mol. The van der Waals surface area contributed by atoms with E-state index in [-0.39, 0.29) is 22.7 Å². The van der Waals surface area contributed by atoms with Gasteiger partial charge in [-0.25, -0.2) is 9.37 Å². The molecule has 0 radical (unpaired) electrons. The Hall–Kier alpha value is -3.22. The highest BCUT2D eigenvalue weighted by atomic mass is 19.1. The lowest BCUT2D eigenvalue weighted by Crippen LogP contribution is -2.49. The molecule has 1 aliphatic heterocycles. The van der Waals surface area contributed by atoms with Crippen molar-refractivity contribution in [3.05, 3.63) is 69.9 Å². The van der Waals surface area contributed by atoms with Crippen molar-refractivity contribution in [2.24, 2.45) is 0 Å². The Labute approximate surface area is 168 Å². The van der Waals surface area contributed by atoms with E-state index in [1.54, 1.807) is 35.4 Å². The van der Waals surface area contributed by atoms with Crippen LogP contribution in [0.25, 0.3) is 11.0 Å². The number of amides is 1. The van der Waals surface area contributed by atoms with E-state index >= 15 is 0 Å². The van der Waals surface area contributed by atoms with E-state index < -0.39 is 0 Å². The summed E-state index contributed by atoms with van der Waals surface area (Å²) in [5, 5.41) is 0.466. The van der Waals surface area contributed by atoms with E-state index in [0.29, 0.717) is 43.8 Å². The molecule has 29 heavy (non-hydrogen) atoms. The molecule has 3 heterocycles. The first-order valence-corrected chi connectivity index (χ1v) is 9.78. The second-order valence-corrected chi connectivity index (χ2v) is 7.24. The molecule has 1 saturated heterocycles. The number of carbonyl (C=O) groups excluding carboxylic acids is 1. The number of pyridine rings is 2. The maximum atomic E-state index is 13.1. The van der Waals surface area contributed by atoms with Crippen molar-refractivity contribution < 1.29 is 9.18 Å². The van der Waals surface area contributed by atoms with Crippen molar-refractivity contribution in [3.8, 4) is 0 Å². The molecule has 1 fully saturated rings. The van der Waals surface area contributed by atoms with Crippen LogP contribution in [0, 0.1) is 12.7 Å². The van der Waals surface area contributed by atoms with Crippen LogP contribution in [0.5, 0.6) is 0 Å². The number of piperazine rings is 1. The highest BCUT2D eigenvalue weighted by Crippen LogP contribution is 2.18. The molecule has 0 N–H and O–H groups in total. The fourth-order valence-corrected chi connectivity index (χ4v) is 3.74. The largest absolute Gasteiger partial charge is 0.368 e. The van der Waals surface area contributed by atoms with Crippen LogP contribution in [-0.2, 0) is 6.54 Å². The summed E-state index contributed by atoms with van der Waals surface area (Å²) in [5.41, 5.74) is 2.27. The Bertz CT molecular complexity index is 1120. The second kappa shape index (κ2) is 7.66. The fourth-order valence-electron chi connectivity index (χ4n) is 3.74. The smallest absolute Gasteiger partial charge is 0.259 e. The Morgan fingerprint density at radius 2 is 1.76 bits per heavy atom. The molecule has 1 aromatic carbocycles. The van der Waals surface area contributed by atoms with Crippen molar-refractivity contribution in [1.82, 2.24) is 14.5 Å². The predicted octanol–water partition coefficient (Wildman–Crippen LogP) is 2.83.